The number of thioether (sulfide) groups is 1. The first-order chi connectivity index (χ1) is 17.3. The summed E-state index contributed by atoms with van der Waals surface area (Å²) >= 11 is 13.7. The van der Waals surface area contributed by atoms with Crippen LogP contribution in [0.25, 0.3) is 11.1 Å². The number of aliphatic carboxylic acids is 1. The fraction of sp³-hybridized carbons (Fsp3) is 0.286. The number of benzene rings is 3. The maximum Gasteiger partial charge on any atom is 0.326 e. The van der Waals surface area contributed by atoms with E-state index < -0.39 is 17.9 Å². The molecule has 3 aromatic rings. The van der Waals surface area contributed by atoms with E-state index in [9.17, 15) is 14.7 Å². The molecule has 1 amide bonds. The SMILES string of the molecule is CSCC[C@H](NC(=O)c1ccc(COCCc2ccc(Cl)cc2Cl)cc1-c1ccccc1C)C(=O)O. The van der Waals surface area contributed by atoms with Crippen molar-refractivity contribution in [2.45, 2.75) is 32.4 Å². The molecular weight excluding hydrogens is 517 g/mol. The summed E-state index contributed by atoms with van der Waals surface area (Å²) in [5, 5.41) is 13.4. The van der Waals surface area contributed by atoms with Crippen LogP contribution in [0, 0.1) is 6.92 Å². The third-order valence-electron chi connectivity index (χ3n) is 5.78. The topological polar surface area (TPSA) is 75.6 Å². The number of hydrogen-bond acceptors (Lipinski definition) is 4. The standard InChI is InChI=1S/C28H29Cl2NO4S/c1-18-5-3-4-6-22(18)24-15-19(17-35-13-11-20-8-9-21(29)16-25(20)30)7-10-23(24)27(32)31-26(28(33)34)12-14-36-2/h3-10,15-16,26H,11-14,17H2,1-2H3,(H,31,32)(H,33,34)/t26-/m0/s1. The van der Waals surface area contributed by atoms with Crippen LogP contribution in [0.5, 0.6) is 0 Å². The first-order valence-electron chi connectivity index (χ1n) is 11.5. The summed E-state index contributed by atoms with van der Waals surface area (Å²) in [7, 11) is 0. The third-order valence-corrected chi connectivity index (χ3v) is 7.01. The molecule has 1 atom stereocenters. The summed E-state index contributed by atoms with van der Waals surface area (Å²) in [5.74, 6) is -0.813. The first kappa shape index (κ1) is 28.1. The summed E-state index contributed by atoms with van der Waals surface area (Å²) in [6, 6.07) is 17.8. The third kappa shape index (κ3) is 7.74. The second kappa shape index (κ2) is 13.7. The summed E-state index contributed by atoms with van der Waals surface area (Å²) in [5.41, 5.74) is 4.96. The van der Waals surface area contributed by atoms with Crippen molar-refractivity contribution >= 4 is 46.8 Å². The van der Waals surface area contributed by atoms with E-state index in [0.717, 1.165) is 27.8 Å². The molecule has 0 saturated carbocycles. The van der Waals surface area contributed by atoms with Crippen LogP contribution in [0.1, 0.15) is 33.5 Å². The van der Waals surface area contributed by atoms with Crippen molar-refractivity contribution in [3.8, 4) is 11.1 Å². The predicted molar refractivity (Wildman–Crippen MR) is 148 cm³/mol. The zero-order valence-corrected chi connectivity index (χ0v) is 22.6. The van der Waals surface area contributed by atoms with E-state index in [1.807, 2.05) is 55.6 Å². The lowest BCUT2D eigenvalue weighted by Crippen LogP contribution is -2.41. The van der Waals surface area contributed by atoms with Crippen LogP contribution >= 0.6 is 35.0 Å². The highest BCUT2D eigenvalue weighted by Crippen LogP contribution is 2.29. The number of carboxylic acid groups (broad SMARTS) is 1. The fourth-order valence-electron chi connectivity index (χ4n) is 3.80. The molecule has 36 heavy (non-hydrogen) atoms. The largest absolute Gasteiger partial charge is 0.480 e. The second-order valence-electron chi connectivity index (χ2n) is 8.38. The van der Waals surface area contributed by atoms with Crippen LogP contribution in [-0.4, -0.2) is 41.6 Å². The average Bonchev–Trinajstić information content (AvgIpc) is 2.85. The van der Waals surface area contributed by atoms with Gasteiger partial charge in [-0.2, -0.15) is 11.8 Å². The van der Waals surface area contributed by atoms with Crippen molar-refractivity contribution in [3.05, 3.63) is 93.0 Å². The number of rotatable bonds is 12. The van der Waals surface area contributed by atoms with Crippen molar-refractivity contribution < 1.29 is 19.4 Å². The van der Waals surface area contributed by atoms with Crippen molar-refractivity contribution in [1.29, 1.82) is 0 Å². The highest BCUT2D eigenvalue weighted by molar-refractivity contribution is 7.98. The van der Waals surface area contributed by atoms with Gasteiger partial charge in [-0.05, 0) is 83.9 Å². The molecule has 0 spiro atoms. The molecule has 0 bridgehead atoms. The van der Waals surface area contributed by atoms with Gasteiger partial charge < -0.3 is 15.2 Å². The van der Waals surface area contributed by atoms with Gasteiger partial charge in [0.1, 0.15) is 6.04 Å². The molecule has 0 heterocycles. The van der Waals surface area contributed by atoms with Gasteiger partial charge in [-0.3, -0.25) is 4.79 Å². The average molecular weight is 547 g/mol. The van der Waals surface area contributed by atoms with Crippen molar-refractivity contribution in [2.75, 3.05) is 18.6 Å². The Morgan fingerprint density at radius 2 is 1.83 bits per heavy atom. The number of nitrogens with one attached hydrogen (secondary N) is 1. The summed E-state index contributed by atoms with van der Waals surface area (Å²) in [6.07, 6.45) is 2.90. The van der Waals surface area contributed by atoms with Crippen LogP contribution < -0.4 is 5.32 Å². The zero-order chi connectivity index (χ0) is 26.1. The molecule has 3 aromatic carbocycles. The normalized spacial score (nSPS) is 11.8. The second-order valence-corrected chi connectivity index (χ2v) is 10.2. The highest BCUT2D eigenvalue weighted by atomic mass is 35.5. The van der Waals surface area contributed by atoms with Gasteiger partial charge in [-0.15, -0.1) is 0 Å². The van der Waals surface area contributed by atoms with Gasteiger partial charge >= 0.3 is 5.97 Å². The van der Waals surface area contributed by atoms with E-state index in [0.29, 0.717) is 47.4 Å². The number of ether oxygens (including phenoxy) is 1. The minimum atomic E-state index is -1.04. The minimum absolute atomic E-state index is 0.353. The smallest absolute Gasteiger partial charge is 0.326 e. The molecule has 0 unspecified atom stereocenters. The van der Waals surface area contributed by atoms with Crippen molar-refractivity contribution in [1.82, 2.24) is 5.32 Å². The Morgan fingerprint density at radius 3 is 2.53 bits per heavy atom. The van der Waals surface area contributed by atoms with Gasteiger partial charge in [0, 0.05) is 15.6 Å². The Hall–Kier alpha value is -2.51. The molecule has 0 saturated heterocycles. The lowest BCUT2D eigenvalue weighted by atomic mass is 9.93. The van der Waals surface area contributed by atoms with Crippen molar-refractivity contribution in [2.24, 2.45) is 0 Å². The maximum atomic E-state index is 13.2. The summed E-state index contributed by atoms with van der Waals surface area (Å²) in [6.45, 7) is 2.81. The Labute approximate surface area is 226 Å². The van der Waals surface area contributed by atoms with Gasteiger partial charge in [-0.25, -0.2) is 4.79 Å². The Balaban J connectivity index is 1.78. The lowest BCUT2D eigenvalue weighted by Gasteiger charge is -2.18. The predicted octanol–water partition coefficient (Wildman–Crippen LogP) is 6.66. The van der Waals surface area contributed by atoms with Crippen LogP contribution in [0.2, 0.25) is 10.0 Å². The van der Waals surface area contributed by atoms with Gasteiger partial charge in [0.2, 0.25) is 0 Å². The molecule has 0 fully saturated rings. The summed E-state index contributed by atoms with van der Waals surface area (Å²) < 4.78 is 5.90. The summed E-state index contributed by atoms with van der Waals surface area (Å²) in [4.78, 5) is 24.8. The number of halogens is 2. The van der Waals surface area contributed by atoms with E-state index in [2.05, 4.69) is 5.32 Å². The molecule has 2 N–H and O–H groups in total. The molecule has 0 aliphatic carbocycles. The van der Waals surface area contributed by atoms with Crippen LogP contribution in [-0.2, 0) is 22.6 Å². The number of hydrogen-bond donors (Lipinski definition) is 2. The molecule has 3 rings (SSSR count). The molecule has 8 heteroatoms. The quantitative estimate of drug-likeness (QED) is 0.249. The van der Waals surface area contributed by atoms with Crippen LogP contribution in [0.3, 0.4) is 0 Å². The van der Waals surface area contributed by atoms with Crippen LogP contribution in [0.4, 0.5) is 0 Å². The van der Waals surface area contributed by atoms with E-state index in [-0.39, 0.29) is 0 Å². The van der Waals surface area contributed by atoms with Crippen molar-refractivity contribution in [3.63, 3.8) is 0 Å². The Kier molecular flexibility index (Phi) is 10.7. The van der Waals surface area contributed by atoms with Crippen LogP contribution in [0.15, 0.2) is 60.7 Å². The van der Waals surface area contributed by atoms with Gasteiger partial charge in [0.15, 0.2) is 0 Å². The van der Waals surface area contributed by atoms with Gasteiger partial charge in [0.25, 0.3) is 5.91 Å². The van der Waals surface area contributed by atoms with Gasteiger partial charge in [-0.1, -0.05) is 59.6 Å². The molecule has 0 aromatic heterocycles. The van der Waals surface area contributed by atoms with E-state index >= 15 is 0 Å². The Morgan fingerprint density at radius 1 is 1.06 bits per heavy atom. The fourth-order valence-corrected chi connectivity index (χ4v) is 4.78. The molecule has 0 radical (unpaired) electrons. The minimum Gasteiger partial charge on any atom is -0.480 e. The van der Waals surface area contributed by atoms with E-state index in [1.165, 1.54) is 0 Å². The number of carbonyl (C=O) groups is 2. The number of amides is 1. The zero-order valence-electron chi connectivity index (χ0n) is 20.2. The molecule has 190 valence electrons. The molecular formula is C28H29Cl2NO4S. The van der Waals surface area contributed by atoms with E-state index in [4.69, 9.17) is 27.9 Å². The molecule has 0 aliphatic rings. The maximum absolute atomic E-state index is 13.2. The highest BCUT2D eigenvalue weighted by Gasteiger charge is 2.22. The first-order valence-corrected chi connectivity index (χ1v) is 13.7. The number of aryl methyl sites for hydroxylation is 1. The molecule has 5 nitrogen and oxygen atoms in total. The Bertz CT molecular complexity index is 1220. The monoisotopic (exact) mass is 545 g/mol. The van der Waals surface area contributed by atoms with Gasteiger partial charge in [0.05, 0.1) is 13.2 Å². The molecule has 0 aliphatic heterocycles. The number of carbonyl (C=O) groups excluding carboxylic acids is 1. The lowest BCUT2D eigenvalue weighted by molar-refractivity contribution is -0.139. The van der Waals surface area contributed by atoms with E-state index in [1.54, 1.807) is 30.0 Å². The number of carboxylic acids is 1.